The minimum Gasteiger partial charge on any atom is -0.245 e. The van der Waals surface area contributed by atoms with E-state index >= 15 is 0 Å². The summed E-state index contributed by atoms with van der Waals surface area (Å²) in [6, 6.07) is 17.1. The van der Waals surface area contributed by atoms with Gasteiger partial charge in [-0.25, -0.2) is 9.37 Å². The Kier molecular flexibility index (Phi) is 2.84. The van der Waals surface area contributed by atoms with Crippen molar-refractivity contribution in [2.75, 3.05) is 0 Å². The number of nitrogens with zero attached hydrogens (tertiary/aromatic N) is 1. The summed E-state index contributed by atoms with van der Waals surface area (Å²) in [5.74, 6) is -0.315. The number of hydrogen-bond donors (Lipinski definition) is 0. The second-order valence-corrected chi connectivity index (χ2v) is 4.85. The number of halogens is 2. The highest BCUT2D eigenvalue weighted by Crippen LogP contribution is 2.26. The van der Waals surface area contributed by atoms with Crippen LogP contribution in [0.3, 0.4) is 0 Å². The third-order valence-corrected chi connectivity index (χ3v) is 3.44. The fourth-order valence-electron chi connectivity index (χ4n) is 1.90. The van der Waals surface area contributed by atoms with E-state index in [1.165, 1.54) is 0 Å². The number of fused-ring (bicyclic) bond motifs is 1. The molecule has 0 fully saturated rings. The molecule has 3 rings (SSSR count). The maximum atomic E-state index is 14.0. The van der Waals surface area contributed by atoms with Gasteiger partial charge >= 0.3 is 0 Å². The van der Waals surface area contributed by atoms with Crippen LogP contribution in [0.1, 0.15) is 0 Å². The summed E-state index contributed by atoms with van der Waals surface area (Å²) in [4.78, 5) is 4.40. The van der Waals surface area contributed by atoms with Crippen LogP contribution in [0.2, 0.25) is 0 Å². The van der Waals surface area contributed by atoms with Crippen molar-refractivity contribution in [2.45, 2.75) is 0 Å². The van der Waals surface area contributed by atoms with Crippen LogP contribution in [0.15, 0.2) is 59.1 Å². The van der Waals surface area contributed by atoms with Crippen molar-refractivity contribution >= 4 is 26.8 Å². The van der Waals surface area contributed by atoms with E-state index < -0.39 is 0 Å². The van der Waals surface area contributed by atoms with Gasteiger partial charge in [0.05, 0.1) is 10.2 Å². The van der Waals surface area contributed by atoms with Crippen LogP contribution in [0.5, 0.6) is 0 Å². The third-order valence-electron chi connectivity index (χ3n) is 2.82. The Hall–Kier alpha value is -1.74. The first-order valence-corrected chi connectivity index (χ1v) is 6.35. The molecule has 18 heavy (non-hydrogen) atoms. The van der Waals surface area contributed by atoms with Crippen LogP contribution in [0, 0.1) is 5.82 Å². The zero-order chi connectivity index (χ0) is 12.5. The molecule has 3 aromatic rings. The molecule has 0 saturated heterocycles. The zero-order valence-electron chi connectivity index (χ0n) is 9.40. The largest absolute Gasteiger partial charge is 0.245 e. The molecule has 0 N–H and O–H groups in total. The van der Waals surface area contributed by atoms with Gasteiger partial charge in [-0.15, -0.1) is 0 Å². The highest BCUT2D eigenvalue weighted by atomic mass is 79.9. The molecule has 2 aromatic carbocycles. The van der Waals surface area contributed by atoms with Gasteiger partial charge < -0.3 is 0 Å². The van der Waals surface area contributed by atoms with Crippen molar-refractivity contribution in [2.24, 2.45) is 0 Å². The standard InChI is InChI=1S/C15H9BrFN/c16-12-8-6-11-7-9-13(18-15(11)14(12)17)10-4-2-1-3-5-10/h1-9H. The molecular weight excluding hydrogens is 293 g/mol. The number of benzene rings is 2. The Morgan fingerprint density at radius 2 is 1.61 bits per heavy atom. The Labute approximate surface area is 112 Å². The maximum absolute atomic E-state index is 14.0. The first kappa shape index (κ1) is 11.4. The summed E-state index contributed by atoms with van der Waals surface area (Å²) < 4.78 is 14.4. The molecule has 0 aliphatic carbocycles. The highest BCUT2D eigenvalue weighted by Gasteiger charge is 2.08. The summed E-state index contributed by atoms with van der Waals surface area (Å²) in [7, 11) is 0. The molecule has 88 valence electrons. The fraction of sp³-hybridized carbons (Fsp3) is 0. The summed E-state index contributed by atoms with van der Waals surface area (Å²) in [6.07, 6.45) is 0. The van der Waals surface area contributed by atoms with Gasteiger partial charge in [-0.05, 0) is 28.1 Å². The Balaban J connectivity index is 2.25. The molecule has 0 atom stereocenters. The van der Waals surface area contributed by atoms with Crippen molar-refractivity contribution in [3.63, 3.8) is 0 Å². The highest BCUT2D eigenvalue weighted by molar-refractivity contribution is 9.10. The molecule has 0 unspecified atom stereocenters. The quantitative estimate of drug-likeness (QED) is 0.629. The average Bonchev–Trinajstić information content (AvgIpc) is 2.44. The Morgan fingerprint density at radius 1 is 0.889 bits per heavy atom. The molecule has 0 radical (unpaired) electrons. The van der Waals surface area contributed by atoms with Crippen LogP contribution in [-0.2, 0) is 0 Å². The fourth-order valence-corrected chi connectivity index (χ4v) is 2.22. The van der Waals surface area contributed by atoms with Gasteiger partial charge in [-0.1, -0.05) is 42.5 Å². The molecule has 0 aliphatic rings. The molecule has 0 bridgehead atoms. The van der Waals surface area contributed by atoms with Crippen molar-refractivity contribution in [3.05, 3.63) is 64.9 Å². The van der Waals surface area contributed by atoms with Crippen LogP contribution in [0.4, 0.5) is 4.39 Å². The second kappa shape index (κ2) is 4.50. The molecule has 1 nitrogen and oxygen atoms in total. The summed E-state index contributed by atoms with van der Waals surface area (Å²) in [5.41, 5.74) is 2.16. The molecule has 1 aromatic heterocycles. The number of hydrogen-bond acceptors (Lipinski definition) is 1. The minimum absolute atomic E-state index is 0.315. The van der Waals surface area contributed by atoms with Crippen molar-refractivity contribution in [1.82, 2.24) is 4.98 Å². The van der Waals surface area contributed by atoms with Crippen LogP contribution in [0.25, 0.3) is 22.2 Å². The molecule has 0 saturated carbocycles. The summed E-state index contributed by atoms with van der Waals surface area (Å²) in [5, 5.41) is 0.801. The first-order chi connectivity index (χ1) is 8.75. The van der Waals surface area contributed by atoms with Gasteiger partial charge in [0.1, 0.15) is 5.52 Å². The van der Waals surface area contributed by atoms with Crippen molar-refractivity contribution in [1.29, 1.82) is 0 Å². The van der Waals surface area contributed by atoms with E-state index in [0.29, 0.717) is 9.99 Å². The summed E-state index contributed by atoms with van der Waals surface area (Å²) in [6.45, 7) is 0. The smallest absolute Gasteiger partial charge is 0.163 e. The Bertz CT molecular complexity index is 710. The van der Waals surface area contributed by atoms with Gasteiger partial charge in [0, 0.05) is 10.9 Å². The minimum atomic E-state index is -0.315. The molecule has 1 heterocycles. The van der Waals surface area contributed by atoms with E-state index in [1.54, 1.807) is 6.07 Å². The van der Waals surface area contributed by atoms with E-state index in [4.69, 9.17) is 0 Å². The number of rotatable bonds is 1. The molecule has 0 amide bonds. The molecular formula is C15H9BrFN. The van der Waals surface area contributed by atoms with Crippen molar-refractivity contribution in [3.8, 4) is 11.3 Å². The van der Waals surface area contributed by atoms with Crippen molar-refractivity contribution < 1.29 is 4.39 Å². The lowest BCUT2D eigenvalue weighted by atomic mass is 10.1. The number of pyridine rings is 1. The Morgan fingerprint density at radius 3 is 2.39 bits per heavy atom. The lowest BCUT2D eigenvalue weighted by Crippen LogP contribution is -1.89. The molecule has 0 spiro atoms. The lowest BCUT2D eigenvalue weighted by Gasteiger charge is -2.05. The average molecular weight is 302 g/mol. The van der Waals surface area contributed by atoms with E-state index in [9.17, 15) is 4.39 Å². The van der Waals surface area contributed by atoms with Gasteiger partial charge in [-0.2, -0.15) is 0 Å². The molecule has 0 aliphatic heterocycles. The zero-order valence-corrected chi connectivity index (χ0v) is 11.0. The summed E-state index contributed by atoms with van der Waals surface area (Å²) >= 11 is 3.18. The van der Waals surface area contributed by atoms with Gasteiger partial charge in [0.15, 0.2) is 5.82 Å². The normalized spacial score (nSPS) is 10.8. The second-order valence-electron chi connectivity index (χ2n) is 4.00. The predicted octanol–water partition coefficient (Wildman–Crippen LogP) is 4.80. The lowest BCUT2D eigenvalue weighted by molar-refractivity contribution is 0.630. The maximum Gasteiger partial charge on any atom is 0.163 e. The third kappa shape index (κ3) is 1.91. The van der Waals surface area contributed by atoms with E-state index in [0.717, 1.165) is 16.6 Å². The van der Waals surface area contributed by atoms with E-state index in [2.05, 4.69) is 20.9 Å². The van der Waals surface area contributed by atoms with Crippen LogP contribution in [-0.4, -0.2) is 4.98 Å². The van der Waals surface area contributed by atoms with Gasteiger partial charge in [0.25, 0.3) is 0 Å². The molecule has 3 heteroatoms. The predicted molar refractivity (Wildman–Crippen MR) is 74.8 cm³/mol. The van der Waals surface area contributed by atoms with Gasteiger partial charge in [-0.3, -0.25) is 0 Å². The van der Waals surface area contributed by atoms with E-state index in [-0.39, 0.29) is 5.82 Å². The SMILES string of the molecule is Fc1c(Br)ccc2ccc(-c3ccccc3)nc12. The van der Waals surface area contributed by atoms with Gasteiger partial charge in [0.2, 0.25) is 0 Å². The van der Waals surface area contributed by atoms with E-state index in [1.807, 2.05) is 48.5 Å². The number of aromatic nitrogens is 1. The topological polar surface area (TPSA) is 12.9 Å². The van der Waals surface area contributed by atoms with Crippen LogP contribution >= 0.6 is 15.9 Å². The monoisotopic (exact) mass is 301 g/mol. The van der Waals surface area contributed by atoms with Crippen LogP contribution < -0.4 is 0 Å². The first-order valence-electron chi connectivity index (χ1n) is 5.56.